The molecule has 9 heteroatoms. The van der Waals surface area contributed by atoms with Crippen molar-refractivity contribution in [3.05, 3.63) is 60.4 Å². The lowest BCUT2D eigenvalue weighted by atomic mass is 10.1. The highest BCUT2D eigenvalue weighted by Crippen LogP contribution is 2.34. The second-order valence-electron chi connectivity index (χ2n) is 7.02. The van der Waals surface area contributed by atoms with E-state index in [1.807, 2.05) is 30.3 Å². The Kier molecular flexibility index (Phi) is 4.91. The summed E-state index contributed by atoms with van der Waals surface area (Å²) in [6.07, 6.45) is 0.0444. The third kappa shape index (κ3) is 4.02. The number of fused-ring (bicyclic) bond motifs is 2. The first-order chi connectivity index (χ1) is 15.2. The number of hydrogen-bond donors (Lipinski definition) is 1. The van der Waals surface area contributed by atoms with E-state index in [0.717, 1.165) is 5.56 Å². The van der Waals surface area contributed by atoms with E-state index >= 15 is 0 Å². The number of para-hydroxylation sites is 2. The highest BCUT2D eigenvalue weighted by Gasteiger charge is 2.34. The second kappa shape index (κ2) is 8.02. The quantitative estimate of drug-likeness (QED) is 0.671. The van der Waals surface area contributed by atoms with Crippen LogP contribution in [-0.2, 0) is 11.4 Å². The van der Waals surface area contributed by atoms with Crippen LogP contribution in [0.5, 0.6) is 28.9 Å². The van der Waals surface area contributed by atoms with Gasteiger partial charge in [-0.25, -0.2) is 9.97 Å². The molecule has 1 N–H and O–H groups in total. The van der Waals surface area contributed by atoms with Crippen LogP contribution in [0.15, 0.2) is 54.9 Å². The smallest absolute Gasteiger partial charge is 0.270 e. The number of aromatic nitrogens is 2. The normalized spacial score (nSPS) is 18.4. The number of carbonyl (C=O) groups excluding carboxylic acids is 1. The van der Waals surface area contributed by atoms with Crippen molar-refractivity contribution in [1.29, 1.82) is 0 Å². The largest absolute Gasteiger partial charge is 0.482 e. The minimum Gasteiger partial charge on any atom is -0.482 e. The maximum atomic E-state index is 12.7. The van der Waals surface area contributed by atoms with E-state index in [1.54, 1.807) is 25.1 Å². The van der Waals surface area contributed by atoms with Crippen molar-refractivity contribution < 1.29 is 28.5 Å². The Bertz CT molecular complexity index is 1120. The molecule has 2 atom stereocenters. The van der Waals surface area contributed by atoms with Crippen LogP contribution in [0.25, 0.3) is 0 Å². The molecule has 0 fully saturated rings. The number of hydrogen-bond acceptors (Lipinski definition) is 8. The molecule has 158 valence electrons. The van der Waals surface area contributed by atoms with E-state index in [9.17, 15) is 4.79 Å². The minimum atomic E-state index is -0.817. The molecule has 2 aromatic carbocycles. The summed E-state index contributed by atoms with van der Waals surface area (Å²) in [5.74, 6) is 2.78. The fraction of sp³-hybridized carbons (Fsp3) is 0.227. The van der Waals surface area contributed by atoms with Gasteiger partial charge in [0, 0.05) is 6.07 Å². The fourth-order valence-corrected chi connectivity index (χ4v) is 3.28. The number of nitrogens with zero attached hydrogens (tertiary/aromatic N) is 2. The Labute approximate surface area is 177 Å². The SMILES string of the molecule is C[C@@H]1Oc2ccccc2O[C@@H]1C(=O)Nc1cc(OCc2ccc3c(c2)OCO3)ncn1. The van der Waals surface area contributed by atoms with Crippen molar-refractivity contribution in [2.75, 3.05) is 12.1 Å². The first-order valence-corrected chi connectivity index (χ1v) is 9.72. The van der Waals surface area contributed by atoms with Crippen LogP contribution in [-0.4, -0.2) is 34.9 Å². The van der Waals surface area contributed by atoms with E-state index < -0.39 is 12.2 Å². The average Bonchev–Trinajstić information content (AvgIpc) is 3.25. The lowest BCUT2D eigenvalue weighted by Crippen LogP contribution is -2.46. The molecule has 0 unspecified atom stereocenters. The lowest BCUT2D eigenvalue weighted by molar-refractivity contribution is -0.128. The summed E-state index contributed by atoms with van der Waals surface area (Å²) in [4.78, 5) is 20.9. The molecule has 3 aromatic rings. The summed E-state index contributed by atoms with van der Waals surface area (Å²) in [5.41, 5.74) is 0.897. The zero-order chi connectivity index (χ0) is 21.2. The van der Waals surface area contributed by atoms with Crippen LogP contribution in [0.4, 0.5) is 5.82 Å². The maximum Gasteiger partial charge on any atom is 0.270 e. The summed E-state index contributed by atoms with van der Waals surface area (Å²) in [7, 11) is 0. The predicted octanol–water partition coefficient (Wildman–Crippen LogP) is 2.95. The van der Waals surface area contributed by atoms with Crippen molar-refractivity contribution in [1.82, 2.24) is 9.97 Å². The molecule has 0 spiro atoms. The van der Waals surface area contributed by atoms with Gasteiger partial charge in [0.15, 0.2) is 23.0 Å². The van der Waals surface area contributed by atoms with Crippen LogP contribution in [0.3, 0.4) is 0 Å². The molecule has 0 bridgehead atoms. The first-order valence-electron chi connectivity index (χ1n) is 9.72. The molecule has 1 amide bonds. The van der Waals surface area contributed by atoms with Crippen LogP contribution in [0.2, 0.25) is 0 Å². The number of benzene rings is 2. The highest BCUT2D eigenvalue weighted by molar-refractivity contribution is 5.94. The molecule has 0 aliphatic carbocycles. The molecule has 0 saturated heterocycles. The van der Waals surface area contributed by atoms with Gasteiger partial charge in [-0.05, 0) is 36.8 Å². The van der Waals surface area contributed by atoms with Crippen LogP contribution in [0, 0.1) is 0 Å². The van der Waals surface area contributed by atoms with Crippen molar-refractivity contribution in [3.8, 4) is 28.9 Å². The van der Waals surface area contributed by atoms with Crippen molar-refractivity contribution in [3.63, 3.8) is 0 Å². The zero-order valence-electron chi connectivity index (χ0n) is 16.6. The molecule has 5 rings (SSSR count). The number of amides is 1. The minimum absolute atomic E-state index is 0.217. The van der Waals surface area contributed by atoms with Crippen molar-refractivity contribution in [2.45, 2.75) is 25.7 Å². The molecule has 3 heterocycles. The molecule has 0 radical (unpaired) electrons. The molecule has 2 aliphatic rings. The van der Waals surface area contributed by atoms with Gasteiger partial charge in [0.05, 0.1) is 0 Å². The fourth-order valence-electron chi connectivity index (χ4n) is 3.28. The number of rotatable bonds is 5. The number of nitrogens with one attached hydrogen (secondary N) is 1. The summed E-state index contributed by atoms with van der Waals surface area (Å²) >= 11 is 0. The van der Waals surface area contributed by atoms with E-state index in [2.05, 4.69) is 15.3 Å². The predicted molar refractivity (Wildman–Crippen MR) is 109 cm³/mol. The van der Waals surface area contributed by atoms with Gasteiger partial charge in [0.1, 0.15) is 24.9 Å². The lowest BCUT2D eigenvalue weighted by Gasteiger charge is -2.30. The first kappa shape index (κ1) is 19.0. The molecule has 31 heavy (non-hydrogen) atoms. The Morgan fingerprint density at radius 1 is 1.03 bits per heavy atom. The van der Waals surface area contributed by atoms with Gasteiger partial charge < -0.3 is 29.0 Å². The molecule has 2 aliphatic heterocycles. The number of ether oxygens (including phenoxy) is 5. The summed E-state index contributed by atoms with van der Waals surface area (Å²) < 4.78 is 28.0. The Hall–Kier alpha value is -4.01. The third-order valence-corrected chi connectivity index (χ3v) is 4.82. The van der Waals surface area contributed by atoms with E-state index in [1.165, 1.54) is 6.33 Å². The van der Waals surface area contributed by atoms with Crippen LogP contribution >= 0.6 is 0 Å². The summed E-state index contributed by atoms with van der Waals surface area (Å²) in [5, 5.41) is 2.73. The zero-order valence-corrected chi connectivity index (χ0v) is 16.6. The molecule has 0 saturated carbocycles. The van der Waals surface area contributed by atoms with Gasteiger partial charge in [-0.15, -0.1) is 0 Å². The topological polar surface area (TPSA) is 101 Å². The van der Waals surface area contributed by atoms with Gasteiger partial charge in [-0.1, -0.05) is 18.2 Å². The highest BCUT2D eigenvalue weighted by atomic mass is 16.7. The molecular formula is C22H19N3O6. The van der Waals surface area contributed by atoms with Crippen molar-refractivity contribution >= 4 is 11.7 Å². The van der Waals surface area contributed by atoms with Gasteiger partial charge in [-0.3, -0.25) is 4.79 Å². The van der Waals surface area contributed by atoms with Gasteiger partial charge in [-0.2, -0.15) is 0 Å². The summed E-state index contributed by atoms with van der Waals surface area (Å²) in [6.45, 7) is 2.27. The van der Waals surface area contributed by atoms with E-state index in [0.29, 0.717) is 34.7 Å². The van der Waals surface area contributed by atoms with Gasteiger partial charge in [0.25, 0.3) is 5.91 Å². The molecule has 9 nitrogen and oxygen atoms in total. The van der Waals surface area contributed by atoms with E-state index in [-0.39, 0.29) is 19.3 Å². The van der Waals surface area contributed by atoms with Crippen LogP contribution < -0.4 is 29.0 Å². The number of carbonyl (C=O) groups is 1. The molecular weight excluding hydrogens is 402 g/mol. The monoisotopic (exact) mass is 421 g/mol. The van der Waals surface area contributed by atoms with Crippen molar-refractivity contribution in [2.24, 2.45) is 0 Å². The Morgan fingerprint density at radius 2 is 1.84 bits per heavy atom. The molecule has 1 aromatic heterocycles. The Balaban J connectivity index is 1.22. The van der Waals surface area contributed by atoms with Gasteiger partial charge in [0.2, 0.25) is 18.8 Å². The van der Waals surface area contributed by atoms with E-state index in [4.69, 9.17) is 23.7 Å². The van der Waals surface area contributed by atoms with Crippen LogP contribution in [0.1, 0.15) is 12.5 Å². The second-order valence-corrected chi connectivity index (χ2v) is 7.02. The Morgan fingerprint density at radius 3 is 2.71 bits per heavy atom. The standard InChI is InChI=1S/C22H19N3O6/c1-13-21(31-17-5-3-2-4-16(17)30-13)22(26)25-19-9-20(24-11-23-19)27-10-14-6-7-15-18(8-14)29-12-28-15/h2-9,11,13,21H,10,12H2,1H3,(H,23,24,25,26)/t13-,21-/m0/s1. The third-order valence-electron chi connectivity index (χ3n) is 4.82. The summed E-state index contributed by atoms with van der Waals surface area (Å²) in [6, 6.07) is 14.3. The van der Waals surface area contributed by atoms with Gasteiger partial charge >= 0.3 is 0 Å². The number of anilines is 1. The average molecular weight is 421 g/mol. The maximum absolute atomic E-state index is 12.7.